The van der Waals surface area contributed by atoms with Crippen molar-refractivity contribution in [2.24, 2.45) is 0 Å². The van der Waals surface area contributed by atoms with Gasteiger partial charge in [-0.3, -0.25) is 14.7 Å². The fourth-order valence-electron chi connectivity index (χ4n) is 1.55. The normalized spacial score (nSPS) is 15.8. The predicted octanol–water partition coefficient (Wildman–Crippen LogP) is -1.77. The van der Waals surface area contributed by atoms with Crippen LogP contribution in [0, 0.1) is 0 Å². The van der Waals surface area contributed by atoms with E-state index in [0.717, 1.165) is 26.2 Å². The molecule has 2 amide bonds. The zero-order valence-corrected chi connectivity index (χ0v) is 13.4. The molecular formula is C14H24N8O2. The molecule has 2 aromatic rings. The Morgan fingerprint density at radius 2 is 1.42 bits per heavy atom. The Labute approximate surface area is 140 Å². The Bertz CT molecular complexity index is 423. The van der Waals surface area contributed by atoms with Gasteiger partial charge in [-0.25, -0.2) is 4.98 Å². The zero-order valence-electron chi connectivity index (χ0n) is 13.4. The fourth-order valence-corrected chi connectivity index (χ4v) is 1.55. The predicted molar refractivity (Wildman–Crippen MR) is 88.9 cm³/mol. The largest absolute Gasteiger partial charge is 0.351 e. The molecule has 0 atom stereocenters. The van der Waals surface area contributed by atoms with Gasteiger partial charge in [0.05, 0.1) is 6.33 Å². The van der Waals surface area contributed by atoms with Crippen molar-refractivity contribution in [2.75, 3.05) is 39.3 Å². The van der Waals surface area contributed by atoms with Gasteiger partial charge in [-0.1, -0.05) is 0 Å². The molecule has 2 saturated heterocycles. The smallest absolute Gasteiger partial charge is 0.309 e. The number of rotatable bonds is 0. The van der Waals surface area contributed by atoms with Crippen LogP contribution in [0.2, 0.25) is 0 Å². The first kappa shape index (κ1) is 19.3. The minimum Gasteiger partial charge on any atom is -0.351 e. The van der Waals surface area contributed by atoms with E-state index in [1.54, 1.807) is 31.1 Å². The van der Waals surface area contributed by atoms with Crippen molar-refractivity contribution in [1.82, 2.24) is 41.4 Å². The monoisotopic (exact) mass is 336 g/mol. The highest BCUT2D eigenvalue weighted by molar-refractivity contribution is 6.35. The molecule has 24 heavy (non-hydrogen) atoms. The number of nitrogens with zero attached hydrogens (tertiary/aromatic N) is 2. The van der Waals surface area contributed by atoms with Crippen LogP contribution in [0.4, 0.5) is 0 Å². The molecule has 0 bridgehead atoms. The Balaban J connectivity index is 0.000000163. The summed E-state index contributed by atoms with van der Waals surface area (Å²) < 4.78 is 0. The molecular weight excluding hydrogens is 312 g/mol. The van der Waals surface area contributed by atoms with Gasteiger partial charge in [0.15, 0.2) is 0 Å². The Hall–Kier alpha value is -2.72. The number of hydrogen-bond donors (Lipinski definition) is 6. The van der Waals surface area contributed by atoms with E-state index in [9.17, 15) is 9.59 Å². The van der Waals surface area contributed by atoms with Crippen LogP contribution in [0.3, 0.4) is 0 Å². The SMILES string of the molecule is C1CNCCN1.O=C1NCCNC1=O.c1c[nH]cn1.c1cn[nH]c1. The van der Waals surface area contributed by atoms with Crippen LogP contribution in [-0.2, 0) is 9.59 Å². The van der Waals surface area contributed by atoms with Gasteiger partial charge in [0.25, 0.3) is 0 Å². The van der Waals surface area contributed by atoms with Crippen LogP contribution < -0.4 is 21.3 Å². The van der Waals surface area contributed by atoms with Gasteiger partial charge in [-0.05, 0) is 6.07 Å². The molecule has 0 radical (unpaired) electrons. The highest BCUT2D eigenvalue weighted by Gasteiger charge is 2.15. The fraction of sp³-hybridized carbons (Fsp3) is 0.429. The maximum Gasteiger partial charge on any atom is 0.309 e. The number of aromatic nitrogens is 4. The third-order valence-electron chi connectivity index (χ3n) is 2.67. The maximum absolute atomic E-state index is 10.3. The lowest BCUT2D eigenvalue weighted by atomic mass is 10.4. The summed E-state index contributed by atoms with van der Waals surface area (Å²) in [7, 11) is 0. The molecule has 0 aromatic carbocycles. The highest BCUT2D eigenvalue weighted by atomic mass is 16.2. The van der Waals surface area contributed by atoms with E-state index >= 15 is 0 Å². The summed E-state index contributed by atoms with van der Waals surface area (Å²) in [6.07, 6.45) is 8.54. The second-order valence-electron chi connectivity index (χ2n) is 4.54. The average molecular weight is 336 g/mol. The lowest BCUT2D eigenvalue weighted by molar-refractivity contribution is -0.140. The molecule has 10 nitrogen and oxygen atoms in total. The zero-order chi connectivity index (χ0) is 17.3. The van der Waals surface area contributed by atoms with Crippen molar-refractivity contribution in [3.8, 4) is 0 Å². The quantitative estimate of drug-likeness (QED) is 0.315. The molecule has 4 rings (SSSR count). The number of carbonyl (C=O) groups is 2. The summed E-state index contributed by atoms with van der Waals surface area (Å²) in [6.45, 7) is 5.65. The van der Waals surface area contributed by atoms with Crippen molar-refractivity contribution < 1.29 is 9.59 Å². The lowest BCUT2D eigenvalue weighted by Crippen LogP contribution is -2.49. The molecule has 0 saturated carbocycles. The van der Waals surface area contributed by atoms with Gasteiger partial charge in [-0.15, -0.1) is 0 Å². The van der Waals surface area contributed by atoms with E-state index in [4.69, 9.17) is 0 Å². The summed E-state index contributed by atoms with van der Waals surface area (Å²) >= 11 is 0. The second kappa shape index (κ2) is 13.9. The molecule has 0 aliphatic carbocycles. The minimum absolute atomic E-state index is 0.531. The molecule has 2 aromatic heterocycles. The third-order valence-corrected chi connectivity index (χ3v) is 2.67. The first-order valence-electron chi connectivity index (χ1n) is 7.64. The van der Waals surface area contributed by atoms with Crippen molar-refractivity contribution in [2.45, 2.75) is 0 Å². The highest BCUT2D eigenvalue weighted by Crippen LogP contribution is 1.73. The van der Waals surface area contributed by atoms with Gasteiger partial charge in [0.1, 0.15) is 0 Å². The molecule has 0 unspecified atom stereocenters. The summed E-state index contributed by atoms with van der Waals surface area (Å²) in [6, 6.07) is 1.83. The maximum atomic E-state index is 10.3. The summed E-state index contributed by atoms with van der Waals surface area (Å²) in [4.78, 5) is 27.0. The van der Waals surface area contributed by atoms with Crippen LogP contribution in [0.5, 0.6) is 0 Å². The van der Waals surface area contributed by atoms with Crippen molar-refractivity contribution in [3.63, 3.8) is 0 Å². The number of hydrogen-bond acceptors (Lipinski definition) is 6. The Kier molecular flexibility index (Phi) is 11.2. The first-order chi connectivity index (χ1) is 11.8. The van der Waals surface area contributed by atoms with Gasteiger partial charge >= 0.3 is 11.8 Å². The molecule has 6 N–H and O–H groups in total. The molecule has 2 fully saturated rings. The van der Waals surface area contributed by atoms with E-state index in [1.807, 2.05) is 6.07 Å². The molecule has 132 valence electrons. The minimum atomic E-state index is -0.531. The van der Waals surface area contributed by atoms with Crippen LogP contribution >= 0.6 is 0 Å². The summed E-state index contributed by atoms with van der Waals surface area (Å²) in [5, 5.41) is 17.4. The van der Waals surface area contributed by atoms with E-state index in [1.165, 1.54) is 0 Å². The number of nitrogens with one attached hydrogen (secondary N) is 6. The summed E-state index contributed by atoms with van der Waals surface area (Å²) in [5.41, 5.74) is 0. The summed E-state index contributed by atoms with van der Waals surface area (Å²) in [5.74, 6) is -1.06. The van der Waals surface area contributed by atoms with E-state index in [2.05, 4.69) is 41.4 Å². The van der Waals surface area contributed by atoms with Crippen molar-refractivity contribution in [3.05, 3.63) is 37.2 Å². The number of aromatic amines is 2. The van der Waals surface area contributed by atoms with Gasteiger partial charge in [0, 0.05) is 64.1 Å². The molecule has 0 spiro atoms. The van der Waals surface area contributed by atoms with Crippen molar-refractivity contribution >= 4 is 11.8 Å². The van der Waals surface area contributed by atoms with Gasteiger partial charge < -0.3 is 26.3 Å². The van der Waals surface area contributed by atoms with Crippen LogP contribution in [-0.4, -0.2) is 71.2 Å². The van der Waals surface area contributed by atoms with Gasteiger partial charge in [-0.2, -0.15) is 5.10 Å². The van der Waals surface area contributed by atoms with E-state index in [0.29, 0.717) is 13.1 Å². The average Bonchev–Trinajstić information content (AvgIpc) is 3.38. The topological polar surface area (TPSA) is 140 Å². The number of imidazole rings is 1. The first-order valence-corrected chi connectivity index (χ1v) is 7.64. The van der Waals surface area contributed by atoms with E-state index in [-0.39, 0.29) is 0 Å². The van der Waals surface area contributed by atoms with E-state index < -0.39 is 11.8 Å². The molecule has 2 aliphatic heterocycles. The van der Waals surface area contributed by atoms with Crippen LogP contribution in [0.15, 0.2) is 37.2 Å². The number of carbonyl (C=O) groups excluding carboxylic acids is 2. The number of piperazine rings is 2. The number of H-pyrrole nitrogens is 2. The van der Waals surface area contributed by atoms with Crippen LogP contribution in [0.25, 0.3) is 0 Å². The second-order valence-corrected chi connectivity index (χ2v) is 4.54. The van der Waals surface area contributed by atoms with Crippen molar-refractivity contribution in [1.29, 1.82) is 0 Å². The lowest BCUT2D eigenvalue weighted by Gasteiger charge is -2.11. The standard InChI is InChI=1S/C4H6N2O2.C4H10N2.2C3H4N2/c7-3-4(8)6-2-1-5-3;1-2-6-4-3-5-1;1-2-5-3-4-1;1-2-4-5-3-1/h1-2H2,(H,5,7)(H,6,8);5-6H,1-4H2;2*1-3H,(H,4,5). The molecule has 10 heteroatoms. The third kappa shape index (κ3) is 10.9. The van der Waals surface area contributed by atoms with Crippen LogP contribution in [0.1, 0.15) is 0 Å². The number of amides is 2. The molecule has 4 heterocycles. The molecule has 2 aliphatic rings. The Morgan fingerprint density at radius 3 is 1.62 bits per heavy atom. The van der Waals surface area contributed by atoms with Gasteiger partial charge in [0.2, 0.25) is 0 Å². The Morgan fingerprint density at radius 1 is 0.792 bits per heavy atom.